The van der Waals surface area contributed by atoms with E-state index in [1.807, 2.05) is 54.0 Å². The average molecular weight is 397 g/mol. The third-order valence-electron chi connectivity index (χ3n) is 4.43. The second kappa shape index (κ2) is 9.41. The zero-order valence-corrected chi connectivity index (χ0v) is 17.1. The van der Waals surface area contributed by atoms with Gasteiger partial charge in [0.25, 0.3) is 0 Å². The van der Waals surface area contributed by atoms with E-state index < -0.39 is 0 Å². The maximum Gasteiger partial charge on any atom is 0.230 e. The molecule has 3 aromatic rings. The summed E-state index contributed by atoms with van der Waals surface area (Å²) < 4.78 is 7.14. The minimum absolute atomic E-state index is 0.0188. The number of methoxy groups -OCH3 is 1. The number of carbonyl (C=O) groups excluding carboxylic acids is 1. The quantitative estimate of drug-likeness (QED) is 0.589. The van der Waals surface area contributed by atoms with Gasteiger partial charge in [-0.1, -0.05) is 49.0 Å². The molecule has 1 aromatic heterocycles. The number of hydrogen-bond donors (Lipinski definition) is 1. The van der Waals surface area contributed by atoms with Crippen molar-refractivity contribution in [1.82, 2.24) is 20.1 Å². The lowest BCUT2D eigenvalue weighted by atomic mass is 10.0. The number of rotatable bonds is 8. The van der Waals surface area contributed by atoms with E-state index in [9.17, 15) is 4.79 Å². The van der Waals surface area contributed by atoms with E-state index in [4.69, 9.17) is 4.74 Å². The predicted octanol–water partition coefficient (Wildman–Crippen LogP) is 3.60. The highest BCUT2D eigenvalue weighted by atomic mass is 32.2. The maximum absolute atomic E-state index is 12.3. The molecule has 3 rings (SSSR count). The lowest BCUT2D eigenvalue weighted by Gasteiger charge is -2.13. The largest absolute Gasteiger partial charge is 0.497 e. The van der Waals surface area contributed by atoms with E-state index in [1.54, 1.807) is 7.11 Å². The number of ether oxygens (including phenoxy) is 1. The van der Waals surface area contributed by atoms with Gasteiger partial charge < -0.3 is 10.1 Å². The predicted molar refractivity (Wildman–Crippen MR) is 111 cm³/mol. The molecule has 0 fully saturated rings. The van der Waals surface area contributed by atoms with Gasteiger partial charge in [0.05, 0.1) is 12.9 Å². The van der Waals surface area contributed by atoms with Crippen molar-refractivity contribution in [3.8, 4) is 11.4 Å². The molecule has 0 radical (unpaired) electrons. The van der Waals surface area contributed by atoms with Crippen LogP contribution in [-0.2, 0) is 4.79 Å². The lowest BCUT2D eigenvalue weighted by molar-refractivity contribution is -0.118. The van der Waals surface area contributed by atoms with Crippen LogP contribution in [0.25, 0.3) is 5.69 Å². The van der Waals surface area contributed by atoms with Crippen LogP contribution in [0.15, 0.2) is 59.8 Å². The number of benzene rings is 2. The van der Waals surface area contributed by atoms with Gasteiger partial charge in [-0.3, -0.25) is 9.36 Å². The number of hydrogen-bond acceptors (Lipinski definition) is 5. The van der Waals surface area contributed by atoms with Crippen LogP contribution in [0.4, 0.5) is 0 Å². The van der Waals surface area contributed by atoms with Gasteiger partial charge in [-0.15, -0.1) is 10.2 Å². The Labute approximate surface area is 169 Å². The summed E-state index contributed by atoms with van der Waals surface area (Å²) in [4.78, 5) is 12.3. The van der Waals surface area contributed by atoms with Gasteiger partial charge in [0.1, 0.15) is 11.6 Å². The van der Waals surface area contributed by atoms with Crippen molar-refractivity contribution in [1.29, 1.82) is 0 Å². The summed E-state index contributed by atoms with van der Waals surface area (Å²) in [6.07, 6.45) is 0. The number of aryl methyl sites for hydroxylation is 1. The average Bonchev–Trinajstić information content (AvgIpc) is 3.11. The molecule has 146 valence electrons. The number of carbonyl (C=O) groups is 1. The molecule has 28 heavy (non-hydrogen) atoms. The zero-order chi connectivity index (χ0) is 19.9. The van der Waals surface area contributed by atoms with E-state index in [-0.39, 0.29) is 17.6 Å². The molecule has 0 saturated carbocycles. The van der Waals surface area contributed by atoms with Crippen LogP contribution in [0.2, 0.25) is 0 Å². The molecule has 0 bridgehead atoms. The van der Waals surface area contributed by atoms with E-state index in [2.05, 4.69) is 34.6 Å². The Morgan fingerprint density at radius 3 is 2.54 bits per heavy atom. The highest BCUT2D eigenvalue weighted by Crippen LogP contribution is 2.23. The van der Waals surface area contributed by atoms with E-state index >= 15 is 0 Å². The summed E-state index contributed by atoms with van der Waals surface area (Å²) in [7, 11) is 1.64. The second-order valence-electron chi connectivity index (χ2n) is 6.47. The minimum Gasteiger partial charge on any atom is -0.497 e. The van der Waals surface area contributed by atoms with E-state index in [1.165, 1.54) is 17.3 Å². The van der Waals surface area contributed by atoms with Crippen LogP contribution in [0.3, 0.4) is 0 Å². The Hall–Kier alpha value is -2.80. The molecule has 0 saturated heterocycles. The van der Waals surface area contributed by atoms with Gasteiger partial charge in [-0.2, -0.15) is 0 Å². The summed E-state index contributed by atoms with van der Waals surface area (Å²) in [5.74, 6) is 2.09. The Balaban J connectivity index is 1.58. The summed E-state index contributed by atoms with van der Waals surface area (Å²) >= 11 is 1.37. The third-order valence-corrected chi connectivity index (χ3v) is 5.36. The molecule has 1 amide bonds. The SMILES string of the molecule is COc1ccc(-n2c(C)nnc2SCC(=O)NCC(C)c2ccccc2)cc1. The van der Waals surface area contributed by atoms with Crippen LogP contribution in [-0.4, -0.2) is 40.1 Å². The van der Waals surface area contributed by atoms with Crippen LogP contribution < -0.4 is 10.1 Å². The van der Waals surface area contributed by atoms with Crippen molar-refractivity contribution in [2.45, 2.75) is 24.9 Å². The van der Waals surface area contributed by atoms with Crippen molar-refractivity contribution < 1.29 is 9.53 Å². The maximum atomic E-state index is 12.3. The first-order valence-electron chi connectivity index (χ1n) is 9.09. The molecule has 1 N–H and O–H groups in total. The highest BCUT2D eigenvalue weighted by molar-refractivity contribution is 7.99. The van der Waals surface area contributed by atoms with Crippen LogP contribution >= 0.6 is 11.8 Å². The number of nitrogens with zero attached hydrogens (tertiary/aromatic N) is 3. The van der Waals surface area contributed by atoms with Crippen LogP contribution in [0.5, 0.6) is 5.75 Å². The van der Waals surface area contributed by atoms with Crippen molar-refractivity contribution in [3.05, 3.63) is 66.0 Å². The molecule has 0 aliphatic rings. The molecule has 6 nitrogen and oxygen atoms in total. The number of nitrogens with one attached hydrogen (secondary N) is 1. The monoisotopic (exact) mass is 396 g/mol. The molecule has 0 aliphatic carbocycles. The number of thioether (sulfide) groups is 1. The highest BCUT2D eigenvalue weighted by Gasteiger charge is 2.14. The molecule has 2 aromatic carbocycles. The van der Waals surface area contributed by atoms with Gasteiger partial charge in [0, 0.05) is 12.2 Å². The molecular formula is C21H24N4O2S. The summed E-state index contributed by atoms with van der Waals surface area (Å²) in [5.41, 5.74) is 2.15. The Morgan fingerprint density at radius 2 is 1.86 bits per heavy atom. The fourth-order valence-electron chi connectivity index (χ4n) is 2.81. The molecular weight excluding hydrogens is 372 g/mol. The standard InChI is InChI=1S/C21H24N4O2S/c1-15(17-7-5-4-6-8-17)13-22-20(26)14-28-21-24-23-16(2)25(21)18-9-11-19(27-3)12-10-18/h4-12,15H,13-14H2,1-3H3,(H,22,26). The van der Waals surface area contributed by atoms with Gasteiger partial charge in [-0.05, 0) is 42.7 Å². The van der Waals surface area contributed by atoms with E-state index in [0.29, 0.717) is 11.7 Å². The molecule has 1 unspecified atom stereocenters. The van der Waals surface area contributed by atoms with E-state index in [0.717, 1.165) is 17.3 Å². The lowest BCUT2D eigenvalue weighted by Crippen LogP contribution is -2.29. The molecule has 1 atom stereocenters. The van der Waals surface area contributed by atoms with Gasteiger partial charge >= 0.3 is 0 Å². The molecule has 0 spiro atoms. The Kier molecular flexibility index (Phi) is 6.71. The first kappa shape index (κ1) is 19.9. The molecule has 1 heterocycles. The summed E-state index contributed by atoms with van der Waals surface area (Å²) in [6.45, 7) is 4.60. The number of amides is 1. The summed E-state index contributed by atoms with van der Waals surface area (Å²) in [5, 5.41) is 12.1. The normalized spacial score (nSPS) is 11.8. The first-order valence-corrected chi connectivity index (χ1v) is 10.1. The Bertz CT molecular complexity index is 910. The fourth-order valence-corrected chi connectivity index (χ4v) is 3.64. The topological polar surface area (TPSA) is 69.0 Å². The fraction of sp³-hybridized carbons (Fsp3) is 0.286. The van der Waals surface area contributed by atoms with Crippen molar-refractivity contribution >= 4 is 17.7 Å². The van der Waals surface area contributed by atoms with Crippen molar-refractivity contribution in [2.75, 3.05) is 19.4 Å². The first-order chi connectivity index (χ1) is 13.6. The number of aromatic nitrogens is 3. The second-order valence-corrected chi connectivity index (χ2v) is 7.41. The third kappa shape index (κ3) is 4.92. The van der Waals surface area contributed by atoms with Gasteiger partial charge in [-0.25, -0.2) is 0 Å². The van der Waals surface area contributed by atoms with Gasteiger partial charge in [0.15, 0.2) is 5.16 Å². The zero-order valence-electron chi connectivity index (χ0n) is 16.3. The molecule has 7 heteroatoms. The van der Waals surface area contributed by atoms with Crippen LogP contribution in [0.1, 0.15) is 24.2 Å². The van der Waals surface area contributed by atoms with Gasteiger partial charge in [0.2, 0.25) is 5.91 Å². The molecule has 0 aliphatic heterocycles. The van der Waals surface area contributed by atoms with Crippen molar-refractivity contribution in [3.63, 3.8) is 0 Å². The summed E-state index contributed by atoms with van der Waals surface area (Å²) in [6, 6.07) is 17.8. The Morgan fingerprint density at radius 1 is 1.14 bits per heavy atom. The van der Waals surface area contributed by atoms with Crippen molar-refractivity contribution in [2.24, 2.45) is 0 Å². The minimum atomic E-state index is -0.0188. The smallest absolute Gasteiger partial charge is 0.230 e. The van der Waals surface area contributed by atoms with Crippen LogP contribution in [0, 0.1) is 6.92 Å².